The van der Waals surface area contributed by atoms with Crippen molar-refractivity contribution in [3.63, 3.8) is 0 Å². The summed E-state index contributed by atoms with van der Waals surface area (Å²) in [5.41, 5.74) is 2.62. The Balaban J connectivity index is 1.32. The maximum absolute atomic E-state index is 13.3. The van der Waals surface area contributed by atoms with E-state index in [9.17, 15) is 14.0 Å². The zero-order chi connectivity index (χ0) is 24.1. The first kappa shape index (κ1) is 23.5. The fourth-order valence-corrected chi connectivity index (χ4v) is 8.30. The maximum Gasteiger partial charge on any atom is 0.302 e. The summed E-state index contributed by atoms with van der Waals surface area (Å²) in [4.78, 5) is 24.8. The van der Waals surface area contributed by atoms with Crippen molar-refractivity contribution in [3.8, 4) is 0 Å². The van der Waals surface area contributed by atoms with E-state index in [0.717, 1.165) is 50.5 Å². The Morgan fingerprint density at radius 1 is 1.03 bits per heavy atom. The molecule has 0 saturated heterocycles. The molecule has 0 spiro atoms. The van der Waals surface area contributed by atoms with Gasteiger partial charge in [-0.25, -0.2) is 4.39 Å². The topological polar surface area (TPSA) is 43.4 Å². The molecule has 3 saturated carbocycles. The average molecular weight is 465 g/mol. The van der Waals surface area contributed by atoms with E-state index >= 15 is 0 Å². The molecular weight excluding hydrogens is 427 g/mol. The van der Waals surface area contributed by atoms with E-state index in [4.69, 9.17) is 4.74 Å². The molecule has 3 fully saturated rings. The maximum atomic E-state index is 13.3. The number of ketones is 1. The molecule has 0 bridgehead atoms. The van der Waals surface area contributed by atoms with Gasteiger partial charge in [0.05, 0.1) is 0 Å². The molecule has 3 nitrogen and oxygen atoms in total. The molecule has 7 atom stereocenters. The lowest BCUT2D eigenvalue weighted by molar-refractivity contribution is -0.149. The molecule has 0 aromatic heterocycles. The van der Waals surface area contributed by atoms with Crippen molar-refractivity contribution in [1.82, 2.24) is 0 Å². The van der Waals surface area contributed by atoms with Crippen LogP contribution in [0.5, 0.6) is 0 Å². The lowest BCUT2D eigenvalue weighted by Gasteiger charge is -2.58. The SMILES string of the molecule is CC(=O)O[C@H]1CC[C@@]2(C)C(=CC[C@H]3[C@@H]4CC[C@H](C(=O)/C=C/c5ccc(F)cc5)[C@@]4(C)CC[C@@H]32)C1. The van der Waals surface area contributed by atoms with Gasteiger partial charge in [-0.05, 0) is 97.3 Å². The minimum Gasteiger partial charge on any atom is -0.462 e. The van der Waals surface area contributed by atoms with Crippen molar-refractivity contribution >= 4 is 17.8 Å². The first-order valence-corrected chi connectivity index (χ1v) is 13.0. The van der Waals surface area contributed by atoms with E-state index in [1.165, 1.54) is 31.1 Å². The Labute approximate surface area is 202 Å². The molecule has 34 heavy (non-hydrogen) atoms. The molecule has 0 radical (unpaired) electrons. The number of halogens is 1. The number of hydrogen-bond acceptors (Lipinski definition) is 3. The number of hydrogen-bond donors (Lipinski definition) is 0. The first-order chi connectivity index (χ1) is 16.2. The van der Waals surface area contributed by atoms with Crippen LogP contribution in [-0.2, 0) is 14.3 Å². The number of benzene rings is 1. The number of allylic oxidation sites excluding steroid dienone is 2. The monoisotopic (exact) mass is 464 g/mol. The van der Waals surface area contributed by atoms with Gasteiger partial charge < -0.3 is 4.74 Å². The molecule has 182 valence electrons. The number of carbonyl (C=O) groups is 2. The lowest BCUT2D eigenvalue weighted by atomic mass is 9.47. The number of rotatable bonds is 4. The van der Waals surface area contributed by atoms with Crippen molar-refractivity contribution in [2.24, 2.45) is 34.5 Å². The second-order valence-electron chi connectivity index (χ2n) is 11.7. The zero-order valence-corrected chi connectivity index (χ0v) is 20.7. The second kappa shape index (κ2) is 8.77. The fourth-order valence-electron chi connectivity index (χ4n) is 8.30. The van der Waals surface area contributed by atoms with E-state index in [-0.39, 0.29) is 40.4 Å². The van der Waals surface area contributed by atoms with E-state index < -0.39 is 0 Å². The summed E-state index contributed by atoms with van der Waals surface area (Å²) >= 11 is 0. The van der Waals surface area contributed by atoms with Crippen molar-refractivity contribution in [2.45, 2.75) is 78.2 Å². The van der Waals surface area contributed by atoms with Crippen LogP contribution < -0.4 is 0 Å². The molecule has 1 aromatic carbocycles. The van der Waals surface area contributed by atoms with E-state index in [2.05, 4.69) is 19.9 Å². The highest BCUT2D eigenvalue weighted by molar-refractivity contribution is 5.96. The van der Waals surface area contributed by atoms with Crippen LogP contribution in [0.25, 0.3) is 6.08 Å². The summed E-state index contributed by atoms with van der Waals surface area (Å²) < 4.78 is 18.8. The Hall–Kier alpha value is -2.23. The summed E-state index contributed by atoms with van der Waals surface area (Å²) in [6, 6.07) is 6.30. The van der Waals surface area contributed by atoms with Crippen molar-refractivity contribution < 1.29 is 18.7 Å². The highest BCUT2D eigenvalue weighted by Gasteiger charge is 2.59. The summed E-state index contributed by atoms with van der Waals surface area (Å²) in [7, 11) is 0. The molecule has 0 heterocycles. The molecule has 4 aliphatic rings. The van der Waals surface area contributed by atoms with E-state index in [0.29, 0.717) is 17.8 Å². The van der Waals surface area contributed by atoms with Gasteiger partial charge in [0.1, 0.15) is 11.9 Å². The second-order valence-corrected chi connectivity index (χ2v) is 11.7. The summed E-state index contributed by atoms with van der Waals surface area (Å²) in [5, 5.41) is 0. The molecule has 0 aliphatic heterocycles. The minimum atomic E-state index is -0.260. The third-order valence-corrected chi connectivity index (χ3v) is 10.0. The molecule has 1 aromatic rings. The van der Waals surface area contributed by atoms with Crippen LogP contribution in [0.3, 0.4) is 0 Å². The van der Waals surface area contributed by atoms with Crippen LogP contribution in [-0.4, -0.2) is 17.9 Å². The van der Waals surface area contributed by atoms with Gasteiger partial charge in [0.2, 0.25) is 0 Å². The van der Waals surface area contributed by atoms with Gasteiger partial charge in [-0.2, -0.15) is 0 Å². The van der Waals surface area contributed by atoms with Gasteiger partial charge in [0.25, 0.3) is 0 Å². The standard InChI is InChI=1S/C30H37FO3/c1-19(32)34-23-14-16-29(2)21(18-23)7-10-24-25-11-12-27(30(25,3)17-15-26(24)29)28(33)13-6-20-4-8-22(31)9-5-20/h4-9,13,23-27H,10-12,14-18H2,1-3H3/b13-6+/t23-,24-,25-,26-,27+,29-,30-/m0/s1. The molecule has 0 unspecified atom stereocenters. The average Bonchev–Trinajstić information content (AvgIpc) is 3.16. The third-order valence-electron chi connectivity index (χ3n) is 10.0. The zero-order valence-electron chi connectivity index (χ0n) is 20.7. The molecular formula is C30H37FO3. The highest BCUT2D eigenvalue weighted by Crippen LogP contribution is 2.66. The predicted octanol–water partition coefficient (Wildman–Crippen LogP) is 6.92. The molecule has 0 amide bonds. The highest BCUT2D eigenvalue weighted by atomic mass is 19.1. The normalized spacial score (nSPS) is 39.1. The van der Waals surface area contributed by atoms with Crippen LogP contribution in [0.4, 0.5) is 4.39 Å². The van der Waals surface area contributed by atoms with E-state index in [1.807, 2.05) is 6.08 Å². The van der Waals surface area contributed by atoms with Gasteiger partial charge in [0.15, 0.2) is 5.78 Å². The smallest absolute Gasteiger partial charge is 0.302 e. The summed E-state index contributed by atoms with van der Waals surface area (Å²) in [5.74, 6) is 1.75. The number of fused-ring (bicyclic) bond motifs is 5. The number of ether oxygens (including phenoxy) is 1. The van der Waals surface area contributed by atoms with Gasteiger partial charge in [-0.15, -0.1) is 0 Å². The molecule has 4 aliphatic carbocycles. The molecule has 0 N–H and O–H groups in total. The van der Waals surface area contributed by atoms with Gasteiger partial charge in [-0.3, -0.25) is 9.59 Å². The van der Waals surface area contributed by atoms with Gasteiger partial charge in [0, 0.05) is 19.3 Å². The van der Waals surface area contributed by atoms with Crippen LogP contribution in [0.1, 0.15) is 77.7 Å². The Morgan fingerprint density at radius 3 is 2.53 bits per heavy atom. The molecule has 4 heteroatoms. The van der Waals surface area contributed by atoms with Crippen LogP contribution in [0, 0.1) is 40.3 Å². The quantitative estimate of drug-likeness (QED) is 0.276. The van der Waals surface area contributed by atoms with Crippen LogP contribution in [0.2, 0.25) is 0 Å². The number of esters is 1. The predicted molar refractivity (Wildman–Crippen MR) is 131 cm³/mol. The van der Waals surface area contributed by atoms with Crippen molar-refractivity contribution in [1.29, 1.82) is 0 Å². The number of carbonyl (C=O) groups excluding carboxylic acids is 2. The van der Waals surface area contributed by atoms with E-state index in [1.54, 1.807) is 18.2 Å². The van der Waals surface area contributed by atoms with Crippen molar-refractivity contribution in [2.75, 3.05) is 0 Å². The molecule has 5 rings (SSSR count). The Bertz CT molecular complexity index is 1020. The first-order valence-electron chi connectivity index (χ1n) is 13.0. The third kappa shape index (κ3) is 3.97. The summed E-state index contributed by atoms with van der Waals surface area (Å²) in [6.07, 6.45) is 14.5. The van der Waals surface area contributed by atoms with Gasteiger partial charge >= 0.3 is 5.97 Å². The fraction of sp³-hybridized carbons (Fsp3) is 0.600. The van der Waals surface area contributed by atoms with Crippen molar-refractivity contribution in [3.05, 3.63) is 53.4 Å². The van der Waals surface area contributed by atoms with Gasteiger partial charge in [-0.1, -0.05) is 43.7 Å². The minimum absolute atomic E-state index is 0.0311. The van der Waals surface area contributed by atoms with Crippen LogP contribution >= 0.6 is 0 Å². The van der Waals surface area contributed by atoms with Crippen LogP contribution in [0.15, 0.2) is 42.0 Å². The Morgan fingerprint density at radius 2 is 1.79 bits per heavy atom. The Kier molecular flexibility index (Phi) is 6.06. The summed E-state index contributed by atoms with van der Waals surface area (Å²) in [6.45, 7) is 6.33. The lowest BCUT2D eigenvalue weighted by Crippen LogP contribution is -2.51. The largest absolute Gasteiger partial charge is 0.462 e.